The summed E-state index contributed by atoms with van der Waals surface area (Å²) in [5.41, 5.74) is 0.767. The molecule has 0 radical (unpaired) electrons. The molecule has 1 rings (SSSR count). The summed E-state index contributed by atoms with van der Waals surface area (Å²) in [7, 11) is 1.54. The lowest BCUT2D eigenvalue weighted by atomic mass is 10.1. The van der Waals surface area contributed by atoms with Crippen molar-refractivity contribution in [3.05, 3.63) is 29.8 Å². The average molecular weight is 227 g/mol. The molecular formula is C11H11ClO3. The van der Waals surface area contributed by atoms with Crippen LogP contribution in [0, 0.1) is 0 Å². The van der Waals surface area contributed by atoms with E-state index in [-0.39, 0.29) is 18.6 Å². The van der Waals surface area contributed by atoms with Crippen LogP contribution < -0.4 is 4.74 Å². The lowest BCUT2D eigenvalue weighted by Crippen LogP contribution is -2.07. The van der Waals surface area contributed by atoms with E-state index in [1.807, 2.05) is 12.1 Å². The number of ketones is 1. The molecule has 0 saturated heterocycles. The number of benzene rings is 1. The molecule has 0 saturated carbocycles. The van der Waals surface area contributed by atoms with Gasteiger partial charge in [0, 0.05) is 12.0 Å². The van der Waals surface area contributed by atoms with Gasteiger partial charge >= 0.3 is 0 Å². The first kappa shape index (κ1) is 11.7. The summed E-state index contributed by atoms with van der Waals surface area (Å²) in [5, 5.41) is -0.630. The van der Waals surface area contributed by atoms with Crippen molar-refractivity contribution >= 4 is 22.6 Å². The van der Waals surface area contributed by atoms with Crippen LogP contribution in [-0.4, -0.2) is 18.1 Å². The fraction of sp³-hybridized carbons (Fsp3) is 0.273. The van der Waals surface area contributed by atoms with Gasteiger partial charge in [-0.05, 0) is 17.7 Å². The number of hydrogen-bond donors (Lipinski definition) is 0. The van der Waals surface area contributed by atoms with E-state index in [2.05, 4.69) is 0 Å². The highest BCUT2D eigenvalue weighted by Crippen LogP contribution is 2.18. The Morgan fingerprint density at radius 2 is 2.00 bits per heavy atom. The third-order valence-corrected chi connectivity index (χ3v) is 2.05. The average Bonchev–Trinajstić information content (AvgIpc) is 2.17. The van der Waals surface area contributed by atoms with E-state index in [9.17, 15) is 9.59 Å². The fourth-order valence-corrected chi connectivity index (χ4v) is 1.43. The summed E-state index contributed by atoms with van der Waals surface area (Å²) in [6.07, 6.45) is -0.0674. The molecule has 1 aromatic carbocycles. The minimum absolute atomic E-state index is 0.169. The monoisotopic (exact) mass is 226 g/mol. The number of methoxy groups -OCH3 is 1. The van der Waals surface area contributed by atoms with Crippen LogP contribution in [0.2, 0.25) is 0 Å². The van der Waals surface area contributed by atoms with Crippen molar-refractivity contribution in [1.82, 2.24) is 0 Å². The highest BCUT2D eigenvalue weighted by Gasteiger charge is 2.10. The SMILES string of the molecule is COc1ccccc1CC(=O)CC(=O)Cl. The second kappa shape index (κ2) is 5.51. The number of rotatable bonds is 5. The molecule has 0 bridgehead atoms. The Morgan fingerprint density at radius 3 is 2.60 bits per heavy atom. The normalized spacial score (nSPS) is 9.73. The van der Waals surface area contributed by atoms with Crippen molar-refractivity contribution in [2.45, 2.75) is 12.8 Å². The summed E-state index contributed by atoms with van der Waals surface area (Å²) in [5.74, 6) is 0.437. The molecule has 0 spiro atoms. The third-order valence-electron chi connectivity index (χ3n) is 1.92. The number of Topliss-reactive ketones (excluding diaryl/α,β-unsaturated/α-hetero) is 1. The second-order valence-electron chi connectivity index (χ2n) is 3.06. The van der Waals surface area contributed by atoms with Gasteiger partial charge in [0.15, 0.2) is 0 Å². The van der Waals surface area contributed by atoms with Gasteiger partial charge in [0.05, 0.1) is 13.5 Å². The van der Waals surface area contributed by atoms with Gasteiger partial charge in [0.1, 0.15) is 11.5 Å². The van der Waals surface area contributed by atoms with Crippen molar-refractivity contribution in [1.29, 1.82) is 0 Å². The fourth-order valence-electron chi connectivity index (χ4n) is 1.28. The molecule has 0 heterocycles. The Kier molecular flexibility index (Phi) is 4.31. The van der Waals surface area contributed by atoms with Crippen LogP contribution in [0.3, 0.4) is 0 Å². The molecule has 0 atom stereocenters. The van der Waals surface area contributed by atoms with Crippen LogP contribution >= 0.6 is 11.6 Å². The molecular weight excluding hydrogens is 216 g/mol. The van der Waals surface area contributed by atoms with Gasteiger partial charge in [-0.3, -0.25) is 9.59 Å². The third kappa shape index (κ3) is 3.72. The molecule has 0 N–H and O–H groups in total. The minimum atomic E-state index is -0.630. The smallest absolute Gasteiger partial charge is 0.229 e. The minimum Gasteiger partial charge on any atom is -0.496 e. The van der Waals surface area contributed by atoms with Crippen molar-refractivity contribution in [2.75, 3.05) is 7.11 Å². The molecule has 0 aliphatic heterocycles. The van der Waals surface area contributed by atoms with E-state index in [1.54, 1.807) is 12.1 Å². The number of halogens is 1. The molecule has 0 unspecified atom stereocenters. The Morgan fingerprint density at radius 1 is 1.33 bits per heavy atom. The zero-order valence-electron chi connectivity index (χ0n) is 8.33. The Balaban J connectivity index is 2.71. The van der Waals surface area contributed by atoms with E-state index in [4.69, 9.17) is 16.3 Å². The van der Waals surface area contributed by atoms with Crippen molar-refractivity contribution in [3.63, 3.8) is 0 Å². The summed E-state index contributed by atoms with van der Waals surface area (Å²) in [6, 6.07) is 7.19. The maximum absolute atomic E-state index is 11.3. The number of carbonyl (C=O) groups is 2. The molecule has 0 aliphatic carbocycles. The van der Waals surface area contributed by atoms with Crippen molar-refractivity contribution in [3.8, 4) is 5.75 Å². The van der Waals surface area contributed by atoms with Crippen LogP contribution in [-0.2, 0) is 16.0 Å². The Hall–Kier alpha value is -1.35. The van der Waals surface area contributed by atoms with Gasteiger partial charge in [-0.15, -0.1) is 0 Å². The standard InChI is InChI=1S/C11H11ClO3/c1-15-10-5-3-2-4-8(10)6-9(13)7-11(12)14/h2-5H,6-7H2,1H3. The number of ether oxygens (including phenoxy) is 1. The van der Waals surface area contributed by atoms with Gasteiger partial charge in [-0.1, -0.05) is 18.2 Å². The first-order chi connectivity index (χ1) is 7.13. The molecule has 0 aromatic heterocycles. The Labute approximate surface area is 93.0 Å². The largest absolute Gasteiger partial charge is 0.496 e. The van der Waals surface area contributed by atoms with Crippen molar-refractivity contribution < 1.29 is 14.3 Å². The van der Waals surface area contributed by atoms with Gasteiger partial charge in [-0.25, -0.2) is 0 Å². The van der Waals surface area contributed by atoms with Gasteiger partial charge in [-0.2, -0.15) is 0 Å². The van der Waals surface area contributed by atoms with Gasteiger partial charge < -0.3 is 4.74 Å². The van der Waals surface area contributed by atoms with E-state index in [0.717, 1.165) is 5.56 Å². The first-order valence-corrected chi connectivity index (χ1v) is 4.83. The zero-order chi connectivity index (χ0) is 11.3. The molecule has 0 amide bonds. The van der Waals surface area contributed by atoms with E-state index in [1.165, 1.54) is 7.11 Å². The summed E-state index contributed by atoms with van der Waals surface area (Å²) >= 11 is 5.12. The Bertz CT molecular complexity index is 374. The molecule has 0 aliphatic rings. The van der Waals surface area contributed by atoms with Crippen LogP contribution in [0.4, 0.5) is 0 Å². The highest BCUT2D eigenvalue weighted by atomic mass is 35.5. The van der Waals surface area contributed by atoms with Crippen LogP contribution in [0.15, 0.2) is 24.3 Å². The molecule has 80 valence electrons. The summed E-state index contributed by atoms with van der Waals surface area (Å²) < 4.78 is 5.08. The maximum atomic E-state index is 11.3. The highest BCUT2D eigenvalue weighted by molar-refractivity contribution is 6.64. The van der Waals surface area contributed by atoms with Crippen molar-refractivity contribution in [2.24, 2.45) is 0 Å². The summed E-state index contributed by atoms with van der Waals surface area (Å²) in [4.78, 5) is 21.8. The quantitative estimate of drug-likeness (QED) is 0.570. The molecule has 3 nitrogen and oxygen atoms in total. The number of carbonyl (C=O) groups excluding carboxylic acids is 2. The van der Waals surface area contributed by atoms with Crippen LogP contribution in [0.25, 0.3) is 0 Å². The van der Waals surface area contributed by atoms with E-state index >= 15 is 0 Å². The van der Waals surface area contributed by atoms with Crippen LogP contribution in [0.1, 0.15) is 12.0 Å². The predicted octanol–water partition coefficient (Wildman–Crippen LogP) is 1.96. The van der Waals surface area contributed by atoms with E-state index in [0.29, 0.717) is 5.75 Å². The first-order valence-electron chi connectivity index (χ1n) is 4.45. The molecule has 0 fully saturated rings. The molecule has 15 heavy (non-hydrogen) atoms. The van der Waals surface area contributed by atoms with E-state index < -0.39 is 5.24 Å². The lowest BCUT2D eigenvalue weighted by molar-refractivity contribution is -0.123. The number of hydrogen-bond acceptors (Lipinski definition) is 3. The second-order valence-corrected chi connectivity index (χ2v) is 3.48. The van der Waals surface area contributed by atoms with Crippen LogP contribution in [0.5, 0.6) is 5.75 Å². The van der Waals surface area contributed by atoms with Gasteiger partial charge in [0.2, 0.25) is 5.24 Å². The zero-order valence-corrected chi connectivity index (χ0v) is 9.08. The topological polar surface area (TPSA) is 43.4 Å². The number of para-hydroxylation sites is 1. The molecule has 1 aromatic rings. The van der Waals surface area contributed by atoms with Gasteiger partial charge in [0.25, 0.3) is 0 Å². The maximum Gasteiger partial charge on any atom is 0.229 e. The predicted molar refractivity (Wildman–Crippen MR) is 57.2 cm³/mol. The molecule has 4 heteroatoms. The summed E-state index contributed by atoms with van der Waals surface area (Å²) in [6.45, 7) is 0. The lowest BCUT2D eigenvalue weighted by Gasteiger charge is -2.06.